The molecule has 0 radical (unpaired) electrons. The highest BCUT2D eigenvalue weighted by molar-refractivity contribution is 5.35. The lowest BCUT2D eigenvalue weighted by Crippen LogP contribution is -2.40. The van der Waals surface area contributed by atoms with E-state index in [-0.39, 0.29) is 0 Å². The molecule has 0 aromatic heterocycles. The molecule has 1 aliphatic heterocycles. The minimum atomic E-state index is 0.616. The molecule has 0 bridgehead atoms. The second-order valence-electron chi connectivity index (χ2n) is 6.77. The van der Waals surface area contributed by atoms with Crippen LogP contribution in [0.1, 0.15) is 49.8 Å². The van der Waals surface area contributed by atoms with E-state index < -0.39 is 0 Å². The molecule has 0 saturated carbocycles. The van der Waals surface area contributed by atoms with Gasteiger partial charge >= 0.3 is 0 Å². The van der Waals surface area contributed by atoms with Gasteiger partial charge in [0.15, 0.2) is 0 Å². The number of rotatable bonds is 5. The molecule has 1 fully saturated rings. The fraction of sp³-hybridized carbons (Fsp3) is 0.667. The van der Waals surface area contributed by atoms with Gasteiger partial charge in [-0.25, -0.2) is 0 Å². The van der Waals surface area contributed by atoms with Crippen LogP contribution >= 0.6 is 0 Å². The summed E-state index contributed by atoms with van der Waals surface area (Å²) in [7, 11) is 0. The highest BCUT2D eigenvalue weighted by Crippen LogP contribution is 2.24. The van der Waals surface area contributed by atoms with Crippen LogP contribution in [0.4, 0.5) is 0 Å². The Labute approximate surface area is 123 Å². The maximum Gasteiger partial charge on any atom is 0.0237 e. The van der Waals surface area contributed by atoms with E-state index in [4.69, 9.17) is 0 Å². The van der Waals surface area contributed by atoms with E-state index in [1.165, 1.54) is 50.8 Å². The third-order valence-electron chi connectivity index (χ3n) is 4.90. The Morgan fingerprint density at radius 1 is 1.20 bits per heavy atom. The summed E-state index contributed by atoms with van der Waals surface area (Å²) in [6.07, 6.45) is 6.60. The Hall–Kier alpha value is -0.860. The summed E-state index contributed by atoms with van der Waals surface area (Å²) in [6.45, 7) is 8.14. The van der Waals surface area contributed by atoms with Gasteiger partial charge in [0.1, 0.15) is 0 Å². The van der Waals surface area contributed by atoms with Gasteiger partial charge in [-0.2, -0.15) is 0 Å². The van der Waals surface area contributed by atoms with Crippen LogP contribution in [0.5, 0.6) is 0 Å². The number of hydrogen-bond donors (Lipinski definition) is 1. The van der Waals surface area contributed by atoms with E-state index in [1.54, 1.807) is 11.1 Å². The molecule has 1 atom stereocenters. The molecule has 110 valence electrons. The average molecular weight is 272 g/mol. The Kier molecular flexibility index (Phi) is 4.42. The summed E-state index contributed by atoms with van der Waals surface area (Å²) in [5.74, 6) is 0. The summed E-state index contributed by atoms with van der Waals surface area (Å²) in [5.41, 5.74) is 4.69. The number of nitrogens with one attached hydrogen (secondary N) is 1. The highest BCUT2D eigenvalue weighted by atomic mass is 15.2. The predicted molar refractivity (Wildman–Crippen MR) is 85.0 cm³/mol. The number of fused-ring (bicyclic) bond motifs is 1. The molecule has 0 amide bonds. The van der Waals surface area contributed by atoms with Crippen molar-refractivity contribution < 1.29 is 0 Å². The standard InChI is InChI=1S/C18H28N2/c1-14(2)20(13-18-7-4-10-19-18)12-15-8-9-16-5-3-6-17(16)11-15/h8-9,11,14,18-19H,3-7,10,12-13H2,1-2H3. The largest absolute Gasteiger partial charge is 0.313 e. The molecule has 2 aliphatic rings. The molecular weight excluding hydrogens is 244 g/mol. The predicted octanol–water partition coefficient (Wildman–Crippen LogP) is 3.14. The second-order valence-corrected chi connectivity index (χ2v) is 6.77. The van der Waals surface area contributed by atoms with Crippen LogP contribution in [0, 0.1) is 0 Å². The zero-order valence-corrected chi connectivity index (χ0v) is 13.0. The molecule has 0 spiro atoms. The zero-order chi connectivity index (χ0) is 13.9. The van der Waals surface area contributed by atoms with Crippen LogP contribution in [0.25, 0.3) is 0 Å². The molecule has 1 N–H and O–H groups in total. The molecule has 1 aromatic rings. The van der Waals surface area contributed by atoms with E-state index in [9.17, 15) is 0 Å². The molecule has 2 heteroatoms. The van der Waals surface area contributed by atoms with Crippen LogP contribution in [-0.4, -0.2) is 30.1 Å². The Morgan fingerprint density at radius 3 is 2.80 bits per heavy atom. The third-order valence-corrected chi connectivity index (χ3v) is 4.90. The van der Waals surface area contributed by atoms with Crippen molar-refractivity contribution in [2.45, 2.75) is 64.6 Å². The zero-order valence-electron chi connectivity index (χ0n) is 13.0. The van der Waals surface area contributed by atoms with E-state index in [1.807, 2.05) is 0 Å². The van der Waals surface area contributed by atoms with E-state index in [0.29, 0.717) is 12.1 Å². The van der Waals surface area contributed by atoms with Gasteiger partial charge in [-0.1, -0.05) is 18.2 Å². The first-order chi connectivity index (χ1) is 9.72. The van der Waals surface area contributed by atoms with Gasteiger partial charge in [-0.05, 0) is 69.2 Å². The molecular formula is C18H28N2. The van der Waals surface area contributed by atoms with E-state index in [0.717, 1.165) is 6.54 Å². The van der Waals surface area contributed by atoms with E-state index in [2.05, 4.69) is 42.3 Å². The van der Waals surface area contributed by atoms with E-state index >= 15 is 0 Å². The fourth-order valence-corrected chi connectivity index (χ4v) is 3.61. The van der Waals surface area contributed by atoms with Crippen molar-refractivity contribution in [3.63, 3.8) is 0 Å². The Balaban J connectivity index is 1.66. The van der Waals surface area contributed by atoms with Crippen molar-refractivity contribution in [2.75, 3.05) is 13.1 Å². The van der Waals surface area contributed by atoms with Gasteiger partial charge in [-0.3, -0.25) is 4.90 Å². The lowest BCUT2D eigenvalue weighted by Gasteiger charge is -2.29. The normalized spacial score (nSPS) is 21.9. The second kappa shape index (κ2) is 6.28. The fourth-order valence-electron chi connectivity index (χ4n) is 3.61. The van der Waals surface area contributed by atoms with Crippen LogP contribution in [-0.2, 0) is 19.4 Å². The number of aryl methyl sites for hydroxylation is 2. The first kappa shape index (κ1) is 14.1. The number of benzene rings is 1. The van der Waals surface area contributed by atoms with Gasteiger partial charge in [0.05, 0.1) is 0 Å². The van der Waals surface area contributed by atoms with Crippen LogP contribution < -0.4 is 5.32 Å². The van der Waals surface area contributed by atoms with Crippen molar-refractivity contribution >= 4 is 0 Å². The summed E-state index contributed by atoms with van der Waals surface area (Å²) in [6, 6.07) is 8.49. The molecule has 3 rings (SSSR count). The molecule has 20 heavy (non-hydrogen) atoms. The minimum absolute atomic E-state index is 0.616. The number of hydrogen-bond acceptors (Lipinski definition) is 2. The monoisotopic (exact) mass is 272 g/mol. The quantitative estimate of drug-likeness (QED) is 0.886. The third kappa shape index (κ3) is 3.24. The molecule has 1 aromatic carbocycles. The van der Waals surface area contributed by atoms with Crippen molar-refractivity contribution in [3.8, 4) is 0 Å². The maximum absolute atomic E-state index is 3.63. The molecule has 1 heterocycles. The van der Waals surface area contributed by atoms with Crippen molar-refractivity contribution in [1.29, 1.82) is 0 Å². The summed E-state index contributed by atoms with van der Waals surface area (Å²) in [5, 5.41) is 3.63. The van der Waals surface area contributed by atoms with Crippen LogP contribution in [0.3, 0.4) is 0 Å². The number of nitrogens with zero attached hydrogens (tertiary/aromatic N) is 1. The molecule has 1 aliphatic carbocycles. The summed E-state index contributed by atoms with van der Waals surface area (Å²) >= 11 is 0. The average Bonchev–Trinajstić information content (AvgIpc) is 3.07. The summed E-state index contributed by atoms with van der Waals surface area (Å²) < 4.78 is 0. The Bertz CT molecular complexity index is 447. The highest BCUT2D eigenvalue weighted by Gasteiger charge is 2.20. The SMILES string of the molecule is CC(C)N(Cc1ccc2c(c1)CCC2)CC1CCCN1. The first-order valence-corrected chi connectivity index (χ1v) is 8.30. The van der Waals surface area contributed by atoms with Crippen LogP contribution in [0.2, 0.25) is 0 Å². The van der Waals surface area contributed by atoms with Crippen LogP contribution in [0.15, 0.2) is 18.2 Å². The molecule has 2 nitrogen and oxygen atoms in total. The first-order valence-electron chi connectivity index (χ1n) is 8.30. The lowest BCUT2D eigenvalue weighted by atomic mass is 10.1. The maximum atomic E-state index is 3.63. The van der Waals surface area contributed by atoms with Crippen molar-refractivity contribution in [2.24, 2.45) is 0 Å². The van der Waals surface area contributed by atoms with Crippen molar-refractivity contribution in [3.05, 3.63) is 34.9 Å². The van der Waals surface area contributed by atoms with Crippen molar-refractivity contribution in [1.82, 2.24) is 10.2 Å². The van der Waals surface area contributed by atoms with Gasteiger partial charge in [0.25, 0.3) is 0 Å². The minimum Gasteiger partial charge on any atom is -0.313 e. The van der Waals surface area contributed by atoms with Gasteiger partial charge in [-0.15, -0.1) is 0 Å². The van der Waals surface area contributed by atoms with Gasteiger partial charge in [0.2, 0.25) is 0 Å². The Morgan fingerprint density at radius 2 is 2.05 bits per heavy atom. The van der Waals surface area contributed by atoms with Gasteiger partial charge in [0, 0.05) is 25.2 Å². The lowest BCUT2D eigenvalue weighted by molar-refractivity contribution is 0.194. The summed E-state index contributed by atoms with van der Waals surface area (Å²) in [4.78, 5) is 2.62. The molecule has 1 saturated heterocycles. The smallest absolute Gasteiger partial charge is 0.0237 e. The molecule has 1 unspecified atom stereocenters. The van der Waals surface area contributed by atoms with Gasteiger partial charge < -0.3 is 5.32 Å². The topological polar surface area (TPSA) is 15.3 Å².